The fourth-order valence-corrected chi connectivity index (χ4v) is 9.82. The number of sulfone groups is 1. The molecule has 0 amide bonds. The van der Waals surface area contributed by atoms with Crippen molar-refractivity contribution < 1.29 is 30.8 Å². The Labute approximate surface area is 193 Å². The molecule has 0 saturated heterocycles. The molecule has 3 rings (SSSR count). The van der Waals surface area contributed by atoms with Gasteiger partial charge < -0.3 is 4.43 Å². The van der Waals surface area contributed by atoms with Gasteiger partial charge in [-0.2, -0.15) is 13.2 Å². The summed E-state index contributed by atoms with van der Waals surface area (Å²) >= 11 is 0. The molecule has 1 aliphatic carbocycles. The van der Waals surface area contributed by atoms with Gasteiger partial charge in [-0.3, -0.25) is 0 Å². The lowest BCUT2D eigenvalue weighted by atomic mass is 9.99. The van der Waals surface area contributed by atoms with Crippen LogP contribution in [0.15, 0.2) is 72.3 Å². The van der Waals surface area contributed by atoms with Crippen LogP contribution in [0.3, 0.4) is 0 Å². The van der Waals surface area contributed by atoms with Crippen molar-refractivity contribution in [1.82, 2.24) is 0 Å². The molecular formula is C24H27F3O4SSi. The van der Waals surface area contributed by atoms with Gasteiger partial charge in [-0.05, 0) is 34.7 Å². The standard InChI is InChI=1S/C24H27F3O4SSi/c1-23(2,3)33(20-10-6-4-7-11-20,21-12-8-5-9-13-21)31-22(28)18-14-16-19(17-15-18)32(29,30)24(25,26)27/h4-14,19H,15-17H2,1-3H3. The fraction of sp³-hybridized carbons (Fsp3) is 0.375. The van der Waals surface area contributed by atoms with Gasteiger partial charge in [-0.15, -0.1) is 0 Å². The molecule has 1 aliphatic rings. The first-order valence-corrected chi connectivity index (χ1v) is 14.1. The summed E-state index contributed by atoms with van der Waals surface area (Å²) in [6.07, 6.45) is 0.561. The number of halogens is 3. The van der Waals surface area contributed by atoms with Crippen LogP contribution >= 0.6 is 0 Å². The van der Waals surface area contributed by atoms with Gasteiger partial charge >= 0.3 is 19.8 Å². The van der Waals surface area contributed by atoms with E-state index in [9.17, 15) is 26.4 Å². The summed E-state index contributed by atoms with van der Waals surface area (Å²) in [6, 6.07) is 19.0. The summed E-state index contributed by atoms with van der Waals surface area (Å²) < 4.78 is 68.6. The van der Waals surface area contributed by atoms with Crippen LogP contribution in [0.4, 0.5) is 13.2 Å². The summed E-state index contributed by atoms with van der Waals surface area (Å²) in [7, 11) is -8.45. The van der Waals surface area contributed by atoms with Crippen LogP contribution in [0.2, 0.25) is 5.04 Å². The maximum Gasteiger partial charge on any atom is 0.497 e. The summed E-state index contributed by atoms with van der Waals surface area (Å²) in [5.41, 5.74) is -5.09. The van der Waals surface area contributed by atoms with Gasteiger partial charge in [0.15, 0.2) is 0 Å². The molecule has 4 nitrogen and oxygen atoms in total. The van der Waals surface area contributed by atoms with Crippen LogP contribution < -0.4 is 10.4 Å². The largest absolute Gasteiger partial charge is 0.506 e. The van der Waals surface area contributed by atoms with E-state index in [2.05, 4.69) is 0 Å². The van der Waals surface area contributed by atoms with Crippen LogP contribution in [0.1, 0.15) is 40.0 Å². The molecule has 0 fully saturated rings. The zero-order valence-corrected chi connectivity index (χ0v) is 20.5. The smallest absolute Gasteiger partial charge is 0.497 e. The van der Waals surface area contributed by atoms with Crippen LogP contribution in [-0.4, -0.2) is 33.5 Å². The number of benzene rings is 2. The Morgan fingerprint density at radius 3 is 1.79 bits per heavy atom. The predicted octanol–water partition coefficient (Wildman–Crippen LogP) is 4.50. The van der Waals surface area contributed by atoms with Crippen molar-refractivity contribution >= 4 is 34.5 Å². The molecule has 0 bridgehead atoms. The minimum atomic E-state index is -5.31. The fourth-order valence-electron chi connectivity index (χ4n) is 4.32. The lowest BCUT2D eigenvalue weighted by Crippen LogP contribution is -2.67. The molecule has 1 atom stereocenters. The van der Waals surface area contributed by atoms with E-state index in [1.165, 1.54) is 6.08 Å². The van der Waals surface area contributed by atoms with E-state index in [0.717, 1.165) is 10.4 Å². The number of alkyl halides is 3. The summed E-state index contributed by atoms with van der Waals surface area (Å²) in [5.74, 6) is -0.604. The molecule has 0 aromatic heterocycles. The molecule has 0 spiro atoms. The van der Waals surface area contributed by atoms with Crippen molar-refractivity contribution in [3.63, 3.8) is 0 Å². The second-order valence-corrected chi connectivity index (χ2v) is 15.6. The molecule has 1 unspecified atom stereocenters. The topological polar surface area (TPSA) is 60.4 Å². The van der Waals surface area contributed by atoms with Gasteiger partial charge in [0.25, 0.3) is 9.84 Å². The van der Waals surface area contributed by atoms with Crippen LogP contribution in [-0.2, 0) is 19.1 Å². The Bertz CT molecular complexity index is 1080. The minimum Gasteiger partial charge on any atom is -0.506 e. The highest BCUT2D eigenvalue weighted by Gasteiger charge is 2.54. The molecule has 0 radical (unpaired) electrons. The van der Waals surface area contributed by atoms with Crippen molar-refractivity contribution in [2.24, 2.45) is 0 Å². The van der Waals surface area contributed by atoms with Gasteiger partial charge in [0, 0.05) is 5.57 Å². The van der Waals surface area contributed by atoms with Crippen LogP contribution in [0, 0.1) is 0 Å². The molecule has 2 aromatic carbocycles. The Hall–Kier alpha value is -2.39. The molecule has 2 aromatic rings. The summed E-state index contributed by atoms with van der Waals surface area (Å²) in [4.78, 5) is 13.3. The van der Waals surface area contributed by atoms with Crippen LogP contribution in [0.25, 0.3) is 0 Å². The van der Waals surface area contributed by atoms with E-state index in [1.54, 1.807) is 0 Å². The molecule has 33 heavy (non-hydrogen) atoms. The number of hydrogen-bond donors (Lipinski definition) is 0. The summed E-state index contributed by atoms with van der Waals surface area (Å²) in [5, 5.41) is -0.248. The monoisotopic (exact) mass is 496 g/mol. The molecule has 178 valence electrons. The second-order valence-electron chi connectivity index (χ2n) is 9.17. The first-order valence-electron chi connectivity index (χ1n) is 10.6. The second kappa shape index (κ2) is 9.10. The Balaban J connectivity index is 1.99. The SMILES string of the molecule is CC(C)(C)[Si](OC(=O)C1=CCC(S(=O)(=O)C(F)(F)F)CC1)(c1ccccc1)c1ccccc1. The van der Waals surface area contributed by atoms with Crippen molar-refractivity contribution in [3.8, 4) is 0 Å². The van der Waals surface area contributed by atoms with E-state index >= 15 is 0 Å². The minimum absolute atomic E-state index is 0.0863. The highest BCUT2D eigenvalue weighted by atomic mass is 32.2. The average Bonchev–Trinajstić information content (AvgIpc) is 2.77. The molecule has 0 heterocycles. The van der Waals surface area contributed by atoms with E-state index in [-0.39, 0.29) is 24.8 Å². The third-order valence-electron chi connectivity index (χ3n) is 6.05. The molecule has 0 saturated carbocycles. The Kier molecular flexibility index (Phi) is 6.96. The maximum atomic E-state index is 13.3. The van der Waals surface area contributed by atoms with Crippen LogP contribution in [0.5, 0.6) is 0 Å². The van der Waals surface area contributed by atoms with Crippen molar-refractivity contribution in [1.29, 1.82) is 0 Å². The molecule has 9 heteroatoms. The predicted molar refractivity (Wildman–Crippen MR) is 124 cm³/mol. The molecule has 0 aliphatic heterocycles. The zero-order valence-electron chi connectivity index (χ0n) is 18.7. The van der Waals surface area contributed by atoms with Crippen molar-refractivity contribution in [3.05, 3.63) is 72.3 Å². The first-order chi connectivity index (χ1) is 15.3. The summed E-state index contributed by atoms with van der Waals surface area (Å²) in [6.45, 7) is 6.02. The number of hydrogen-bond acceptors (Lipinski definition) is 4. The average molecular weight is 497 g/mol. The number of rotatable bonds is 5. The van der Waals surface area contributed by atoms with E-state index in [4.69, 9.17) is 4.43 Å². The lowest BCUT2D eigenvalue weighted by Gasteiger charge is -2.42. The Morgan fingerprint density at radius 2 is 1.42 bits per heavy atom. The number of carbonyl (C=O) groups excluding carboxylic acids is 1. The lowest BCUT2D eigenvalue weighted by molar-refractivity contribution is -0.131. The van der Waals surface area contributed by atoms with Crippen molar-refractivity contribution in [2.45, 2.75) is 55.8 Å². The van der Waals surface area contributed by atoms with Crippen molar-refractivity contribution in [2.75, 3.05) is 0 Å². The molecular weight excluding hydrogens is 469 g/mol. The van der Waals surface area contributed by atoms with Gasteiger partial charge in [-0.1, -0.05) is 87.5 Å². The quantitative estimate of drug-likeness (QED) is 0.572. The van der Waals surface area contributed by atoms with Gasteiger partial charge in [0.05, 0.1) is 5.25 Å². The normalized spacial score (nSPS) is 17.9. The number of carbonyl (C=O) groups is 1. The maximum absolute atomic E-state index is 13.3. The third-order valence-corrected chi connectivity index (χ3v) is 12.9. The number of allylic oxidation sites excluding steroid dienone is 1. The van der Waals surface area contributed by atoms with E-state index in [1.807, 2.05) is 81.4 Å². The first kappa shape index (κ1) is 25.2. The van der Waals surface area contributed by atoms with Gasteiger partial charge in [0.1, 0.15) is 0 Å². The molecule has 0 N–H and O–H groups in total. The van der Waals surface area contributed by atoms with E-state index in [0.29, 0.717) is 0 Å². The zero-order chi connectivity index (χ0) is 24.5. The third kappa shape index (κ3) is 4.79. The Morgan fingerprint density at radius 1 is 0.939 bits per heavy atom. The van der Waals surface area contributed by atoms with Gasteiger partial charge in [0.2, 0.25) is 0 Å². The van der Waals surface area contributed by atoms with Gasteiger partial charge in [-0.25, -0.2) is 13.2 Å². The van der Waals surface area contributed by atoms with E-state index < -0.39 is 39.9 Å². The highest BCUT2D eigenvalue weighted by molar-refractivity contribution is 7.92. The highest BCUT2D eigenvalue weighted by Crippen LogP contribution is 2.39.